The Kier molecular flexibility index (Phi) is 9.06. The molecule has 0 radical (unpaired) electrons. The van der Waals surface area contributed by atoms with Crippen LogP contribution in [0.1, 0.15) is 71.3 Å². The van der Waals surface area contributed by atoms with E-state index in [0.29, 0.717) is 32.2 Å². The van der Waals surface area contributed by atoms with Crippen molar-refractivity contribution in [1.29, 1.82) is 0 Å². The zero-order chi connectivity index (χ0) is 27.4. The number of allylic oxidation sites excluding steroid dienone is 2. The third kappa shape index (κ3) is 5.29. The Balaban J connectivity index is 1.60. The van der Waals surface area contributed by atoms with E-state index in [1.807, 2.05) is 37.3 Å². The molecule has 1 aliphatic heterocycles. The van der Waals surface area contributed by atoms with Crippen LogP contribution in [0.2, 0.25) is 0 Å². The van der Waals surface area contributed by atoms with E-state index < -0.39 is 23.9 Å². The maximum Gasteiger partial charge on any atom is 0.233 e. The Labute approximate surface area is 225 Å². The van der Waals surface area contributed by atoms with Crippen LogP contribution >= 0.6 is 0 Å². The molecule has 3 N–H and O–H groups in total. The molecule has 204 valence electrons. The van der Waals surface area contributed by atoms with Crippen molar-refractivity contribution in [1.82, 2.24) is 4.90 Å². The minimum Gasteiger partial charge on any atom is -0.507 e. The van der Waals surface area contributed by atoms with Crippen LogP contribution in [0.25, 0.3) is 16.8 Å². The van der Waals surface area contributed by atoms with Gasteiger partial charge in [0.05, 0.1) is 24.5 Å². The van der Waals surface area contributed by atoms with Gasteiger partial charge in [0.15, 0.2) is 0 Å². The van der Waals surface area contributed by atoms with Gasteiger partial charge in [-0.05, 0) is 61.1 Å². The van der Waals surface area contributed by atoms with Crippen molar-refractivity contribution >= 4 is 28.7 Å². The van der Waals surface area contributed by atoms with Crippen LogP contribution < -0.4 is 0 Å². The summed E-state index contributed by atoms with van der Waals surface area (Å²) in [5.41, 5.74) is 4.01. The van der Waals surface area contributed by atoms with Gasteiger partial charge >= 0.3 is 0 Å². The number of hydrogen-bond acceptors (Lipinski definition) is 5. The fourth-order valence-electron chi connectivity index (χ4n) is 6.49. The molecule has 0 saturated carbocycles. The van der Waals surface area contributed by atoms with E-state index in [1.165, 1.54) is 10.5 Å². The predicted octanol–water partition coefficient (Wildman–Crippen LogP) is 5.60. The molecule has 2 aromatic rings. The highest BCUT2D eigenvalue weighted by Gasteiger charge is 2.54. The number of imide groups is 1. The summed E-state index contributed by atoms with van der Waals surface area (Å²) in [6.07, 6.45) is 6.12. The number of phenols is 1. The van der Waals surface area contributed by atoms with Crippen LogP contribution in [0.5, 0.6) is 5.75 Å². The number of likely N-dealkylation sites (tertiary alicyclic amines) is 1. The first-order chi connectivity index (χ1) is 18.4. The lowest BCUT2D eigenvalue weighted by Crippen LogP contribution is -2.39. The van der Waals surface area contributed by atoms with E-state index in [2.05, 4.69) is 19.9 Å². The number of fused-ring (bicyclic) bond motifs is 2. The average molecular weight is 520 g/mol. The Bertz CT molecular complexity index is 1250. The Morgan fingerprint density at radius 2 is 1.79 bits per heavy atom. The van der Waals surface area contributed by atoms with Gasteiger partial charge in [-0.1, -0.05) is 74.7 Å². The fourth-order valence-corrected chi connectivity index (χ4v) is 6.49. The van der Waals surface area contributed by atoms with Crippen molar-refractivity contribution < 1.29 is 24.9 Å². The topological polar surface area (TPSA) is 98.1 Å². The van der Waals surface area contributed by atoms with Gasteiger partial charge in [-0.15, -0.1) is 0 Å². The minimum atomic E-state index is -0.788. The number of benzene rings is 2. The second-order valence-corrected chi connectivity index (χ2v) is 10.7. The third-order valence-electron chi connectivity index (χ3n) is 8.32. The van der Waals surface area contributed by atoms with Crippen LogP contribution in [0.4, 0.5) is 0 Å². The molecule has 0 spiro atoms. The van der Waals surface area contributed by atoms with Crippen molar-refractivity contribution in [3.63, 3.8) is 0 Å². The maximum absolute atomic E-state index is 13.3. The number of aliphatic hydroxyl groups is 2. The molecule has 38 heavy (non-hydrogen) atoms. The third-order valence-corrected chi connectivity index (χ3v) is 8.32. The lowest BCUT2D eigenvalue weighted by Gasteiger charge is -2.36. The number of aromatic hydroxyl groups is 1. The monoisotopic (exact) mass is 519 g/mol. The molecule has 1 fully saturated rings. The largest absolute Gasteiger partial charge is 0.507 e. The van der Waals surface area contributed by atoms with Gasteiger partial charge in [0, 0.05) is 17.8 Å². The summed E-state index contributed by atoms with van der Waals surface area (Å²) in [6, 6.07) is 11.4. The normalized spacial score (nSPS) is 22.9. The van der Waals surface area contributed by atoms with Crippen molar-refractivity contribution in [2.75, 3.05) is 13.2 Å². The number of carbonyl (C=O) groups excluding carboxylic acids is 2. The molecule has 0 bridgehead atoms. The van der Waals surface area contributed by atoms with Gasteiger partial charge < -0.3 is 15.3 Å². The summed E-state index contributed by atoms with van der Waals surface area (Å²) < 4.78 is 0. The van der Waals surface area contributed by atoms with Gasteiger partial charge in [0.1, 0.15) is 5.75 Å². The number of amides is 2. The Morgan fingerprint density at radius 3 is 2.45 bits per heavy atom. The molecule has 1 aliphatic carbocycles. The number of hydrogen-bond donors (Lipinski definition) is 3. The molecule has 2 aliphatic rings. The lowest BCUT2D eigenvalue weighted by molar-refractivity contribution is -0.140. The summed E-state index contributed by atoms with van der Waals surface area (Å²) in [5, 5.41) is 34.0. The highest BCUT2D eigenvalue weighted by atomic mass is 16.3. The second-order valence-electron chi connectivity index (χ2n) is 10.7. The zero-order valence-electron chi connectivity index (χ0n) is 22.8. The number of rotatable bonds is 11. The number of phenolic OH excluding ortho intramolecular Hbond substituents is 1. The van der Waals surface area contributed by atoms with E-state index in [-0.39, 0.29) is 24.2 Å². The molecule has 4 rings (SSSR count). The van der Waals surface area contributed by atoms with Crippen LogP contribution in [0.15, 0.2) is 53.1 Å². The number of carbonyl (C=O) groups is 2. The fraction of sp³-hybridized carbons (Fsp3) is 0.500. The highest BCUT2D eigenvalue weighted by molar-refractivity contribution is 6.06. The van der Waals surface area contributed by atoms with Gasteiger partial charge in [0.2, 0.25) is 11.8 Å². The molecule has 6 nitrogen and oxygen atoms in total. The zero-order valence-corrected chi connectivity index (χ0v) is 22.8. The van der Waals surface area contributed by atoms with Crippen molar-refractivity contribution in [2.45, 2.75) is 71.8 Å². The SMILES string of the molecule is CCCC1=C([C@H](O)CC/C(=C/c2ccc(O)c3ccccc23)CC)[C@H](CO)[C@@H]2C(=O)N(CCC)C(=O)[C@@H]2C1. The molecule has 1 saturated heterocycles. The predicted molar refractivity (Wildman–Crippen MR) is 150 cm³/mol. The van der Waals surface area contributed by atoms with E-state index in [1.54, 1.807) is 6.07 Å². The molecular formula is C32H41NO5. The van der Waals surface area contributed by atoms with Crippen LogP contribution in [0.3, 0.4) is 0 Å². The van der Waals surface area contributed by atoms with Crippen LogP contribution in [-0.2, 0) is 9.59 Å². The first-order valence-corrected chi connectivity index (χ1v) is 14.1. The Hall–Kier alpha value is -2.96. The van der Waals surface area contributed by atoms with Gasteiger partial charge in [-0.2, -0.15) is 0 Å². The van der Waals surface area contributed by atoms with Crippen molar-refractivity contribution in [2.24, 2.45) is 17.8 Å². The molecule has 4 atom stereocenters. The molecule has 0 unspecified atom stereocenters. The molecule has 2 amide bonds. The van der Waals surface area contributed by atoms with Crippen LogP contribution in [0, 0.1) is 17.8 Å². The quantitative estimate of drug-likeness (QED) is 0.265. The number of nitrogens with zero attached hydrogens (tertiary/aromatic N) is 1. The van der Waals surface area contributed by atoms with Crippen molar-refractivity contribution in [3.8, 4) is 5.75 Å². The second kappa shape index (κ2) is 12.3. The van der Waals surface area contributed by atoms with E-state index in [0.717, 1.165) is 46.7 Å². The van der Waals surface area contributed by atoms with Gasteiger partial charge in [-0.25, -0.2) is 0 Å². The summed E-state index contributed by atoms with van der Waals surface area (Å²) in [4.78, 5) is 27.7. The van der Waals surface area contributed by atoms with Gasteiger partial charge in [-0.3, -0.25) is 14.5 Å². The first-order valence-electron chi connectivity index (χ1n) is 14.1. The van der Waals surface area contributed by atoms with Crippen LogP contribution in [-0.4, -0.2) is 51.3 Å². The van der Waals surface area contributed by atoms with E-state index >= 15 is 0 Å². The average Bonchev–Trinajstić information content (AvgIpc) is 3.16. The Morgan fingerprint density at radius 1 is 1.05 bits per heavy atom. The summed E-state index contributed by atoms with van der Waals surface area (Å²) in [5.74, 6) is -1.62. The van der Waals surface area contributed by atoms with E-state index in [9.17, 15) is 24.9 Å². The smallest absolute Gasteiger partial charge is 0.233 e. The standard InChI is InChI=1S/C32H41NO5/c1-4-9-22-18-25-30(32(38)33(16-5-2)31(25)37)26(19-34)29(22)28(36)14-12-20(6-3)17-21-13-15-27(35)24-11-8-7-10-23(21)24/h7-8,10-11,13,15,17,25-26,28,30,34-36H,4-6,9,12,14,16,18-19H2,1-3H3/b20-17+/t25-,26+,28-,30-/m1/s1. The highest BCUT2D eigenvalue weighted by Crippen LogP contribution is 2.47. The molecule has 1 heterocycles. The summed E-state index contributed by atoms with van der Waals surface area (Å²) in [6.45, 7) is 6.26. The first kappa shape index (κ1) is 28.1. The van der Waals surface area contributed by atoms with Crippen molar-refractivity contribution in [3.05, 3.63) is 58.7 Å². The molecule has 2 aromatic carbocycles. The van der Waals surface area contributed by atoms with Gasteiger partial charge in [0.25, 0.3) is 0 Å². The molecule has 0 aromatic heterocycles. The molecule has 6 heteroatoms. The lowest BCUT2D eigenvalue weighted by atomic mass is 9.67. The molecular weight excluding hydrogens is 478 g/mol. The summed E-state index contributed by atoms with van der Waals surface area (Å²) in [7, 11) is 0. The number of aliphatic hydroxyl groups excluding tert-OH is 2. The minimum absolute atomic E-state index is 0.125. The van der Waals surface area contributed by atoms with E-state index in [4.69, 9.17) is 0 Å². The summed E-state index contributed by atoms with van der Waals surface area (Å²) >= 11 is 0. The maximum atomic E-state index is 13.3.